The third kappa shape index (κ3) is 4.45. The summed E-state index contributed by atoms with van der Waals surface area (Å²) in [5.74, 6) is 1.37. The smallest absolute Gasteiger partial charge is 0.227 e. The zero-order chi connectivity index (χ0) is 26.3. The summed E-state index contributed by atoms with van der Waals surface area (Å²) >= 11 is 0. The minimum Gasteiger partial charge on any atom is -0.437 e. The molecule has 0 unspecified atom stereocenters. The van der Waals surface area contributed by atoms with Crippen LogP contribution in [0.3, 0.4) is 0 Å². The highest BCUT2D eigenvalue weighted by Gasteiger charge is 2.20. The van der Waals surface area contributed by atoms with Gasteiger partial charge in [0, 0.05) is 28.1 Å². The molecule has 0 aliphatic carbocycles. The Bertz CT molecular complexity index is 1540. The number of benzene rings is 2. The van der Waals surface area contributed by atoms with Gasteiger partial charge in [-0.05, 0) is 84.0 Å². The normalized spacial score (nSPS) is 12.1. The molecule has 0 fully saturated rings. The van der Waals surface area contributed by atoms with Gasteiger partial charge in [0.05, 0.1) is 11.4 Å². The van der Waals surface area contributed by atoms with Crippen LogP contribution in [-0.2, 0) is 0 Å². The Morgan fingerprint density at radius 2 is 1.43 bits per heavy atom. The van der Waals surface area contributed by atoms with Crippen molar-refractivity contribution in [2.24, 2.45) is 0 Å². The highest BCUT2D eigenvalue weighted by molar-refractivity contribution is 6.08. The van der Waals surface area contributed by atoms with Crippen molar-refractivity contribution in [3.63, 3.8) is 0 Å². The van der Waals surface area contributed by atoms with Crippen LogP contribution >= 0.6 is 0 Å². The van der Waals surface area contributed by atoms with Gasteiger partial charge in [0.1, 0.15) is 5.58 Å². The molecule has 0 radical (unpaired) electrons. The Hall–Kier alpha value is -3.46. The third-order valence-corrected chi connectivity index (χ3v) is 7.85. The van der Waals surface area contributed by atoms with Crippen LogP contribution in [0.5, 0.6) is 0 Å². The van der Waals surface area contributed by atoms with Crippen LogP contribution in [0.4, 0.5) is 0 Å². The molecule has 0 N–H and O–H groups in total. The summed E-state index contributed by atoms with van der Waals surface area (Å²) in [4.78, 5) is 9.99. The molecule has 3 heteroatoms. The summed E-state index contributed by atoms with van der Waals surface area (Å²) < 4.78 is 6.51. The quantitative estimate of drug-likeness (QED) is 0.228. The van der Waals surface area contributed by atoms with E-state index in [1.165, 1.54) is 27.8 Å². The SMILES string of the molecule is CCC(CC)c1cnc(-c2cccc3c2oc2nc(-c4c(C(C)C)cccc4C(C)C)ccc23)cc1C. The molecule has 3 nitrogen and oxygen atoms in total. The first kappa shape index (κ1) is 25.2. The lowest BCUT2D eigenvalue weighted by atomic mass is 9.87. The molecule has 0 amide bonds. The van der Waals surface area contributed by atoms with Gasteiger partial charge in [0.15, 0.2) is 0 Å². The van der Waals surface area contributed by atoms with Crippen LogP contribution in [0, 0.1) is 6.92 Å². The Morgan fingerprint density at radius 3 is 2.05 bits per heavy atom. The van der Waals surface area contributed by atoms with Crippen LogP contribution in [0.1, 0.15) is 94.4 Å². The number of aryl methyl sites for hydroxylation is 1. The van der Waals surface area contributed by atoms with Crippen molar-refractivity contribution in [2.45, 2.75) is 79.1 Å². The van der Waals surface area contributed by atoms with E-state index in [1.807, 2.05) is 0 Å². The average molecular weight is 491 g/mol. The van der Waals surface area contributed by atoms with Crippen LogP contribution in [0.15, 0.2) is 65.2 Å². The average Bonchev–Trinajstić information content (AvgIpc) is 3.27. The maximum atomic E-state index is 6.51. The number of furan rings is 1. The molecule has 3 aromatic heterocycles. The van der Waals surface area contributed by atoms with E-state index < -0.39 is 0 Å². The van der Waals surface area contributed by atoms with E-state index in [2.05, 4.69) is 109 Å². The Kier molecular flexibility index (Phi) is 6.90. The molecule has 0 atom stereocenters. The first-order valence-electron chi connectivity index (χ1n) is 13.8. The second-order valence-electron chi connectivity index (χ2n) is 10.9. The van der Waals surface area contributed by atoms with Crippen LogP contribution < -0.4 is 0 Å². The summed E-state index contributed by atoms with van der Waals surface area (Å²) in [5, 5.41) is 2.12. The zero-order valence-electron chi connectivity index (χ0n) is 23.2. The van der Waals surface area contributed by atoms with E-state index in [0.717, 1.165) is 46.1 Å². The fourth-order valence-corrected chi connectivity index (χ4v) is 5.74. The van der Waals surface area contributed by atoms with Gasteiger partial charge in [0.25, 0.3) is 0 Å². The number of rotatable bonds is 7. The van der Waals surface area contributed by atoms with Crippen molar-refractivity contribution in [1.29, 1.82) is 0 Å². The van der Waals surface area contributed by atoms with Gasteiger partial charge in [0.2, 0.25) is 5.71 Å². The first-order chi connectivity index (χ1) is 17.8. The van der Waals surface area contributed by atoms with Crippen molar-refractivity contribution in [3.8, 4) is 22.5 Å². The second kappa shape index (κ2) is 10.1. The largest absolute Gasteiger partial charge is 0.437 e. The maximum Gasteiger partial charge on any atom is 0.227 e. The molecule has 37 heavy (non-hydrogen) atoms. The van der Waals surface area contributed by atoms with E-state index in [-0.39, 0.29) is 0 Å². The molecule has 5 aromatic rings. The first-order valence-corrected chi connectivity index (χ1v) is 13.8. The highest BCUT2D eigenvalue weighted by Crippen LogP contribution is 2.39. The molecule has 2 aromatic carbocycles. The summed E-state index contributed by atoms with van der Waals surface area (Å²) in [6.45, 7) is 15.7. The minimum atomic E-state index is 0.408. The fraction of sp³-hybridized carbons (Fsp3) is 0.353. The summed E-state index contributed by atoms with van der Waals surface area (Å²) in [6.07, 6.45) is 4.32. The summed E-state index contributed by atoms with van der Waals surface area (Å²) in [7, 11) is 0. The monoisotopic (exact) mass is 490 g/mol. The van der Waals surface area contributed by atoms with E-state index in [9.17, 15) is 0 Å². The zero-order valence-corrected chi connectivity index (χ0v) is 23.2. The van der Waals surface area contributed by atoms with E-state index in [0.29, 0.717) is 23.5 Å². The Balaban J connectivity index is 1.67. The molecular formula is C34H38N2O. The van der Waals surface area contributed by atoms with E-state index in [1.54, 1.807) is 0 Å². The topological polar surface area (TPSA) is 38.9 Å². The molecule has 0 spiro atoms. The van der Waals surface area contributed by atoms with Crippen molar-refractivity contribution in [1.82, 2.24) is 9.97 Å². The van der Waals surface area contributed by atoms with Gasteiger partial charge in [-0.25, -0.2) is 4.98 Å². The number of fused-ring (bicyclic) bond motifs is 3. The predicted octanol–water partition coefficient (Wildman–Crippen LogP) is 10.2. The number of aromatic nitrogens is 2. The molecule has 3 heterocycles. The minimum absolute atomic E-state index is 0.408. The number of para-hydroxylation sites is 1. The standard InChI is InChI=1S/C34H38N2O/c1-8-23(9-2)29-19-35-31(18-22(29)7)28-15-11-14-26-27-16-17-30(36-34(27)37-33(26)28)32-24(20(3)4)12-10-13-25(32)21(5)6/h10-21,23H,8-9H2,1-7H3. The lowest BCUT2D eigenvalue weighted by Gasteiger charge is -2.19. The fourth-order valence-electron chi connectivity index (χ4n) is 5.74. The number of pyridine rings is 2. The van der Waals surface area contributed by atoms with Crippen LogP contribution in [-0.4, -0.2) is 9.97 Å². The van der Waals surface area contributed by atoms with Gasteiger partial charge in [-0.1, -0.05) is 71.9 Å². The molecular weight excluding hydrogens is 452 g/mol. The van der Waals surface area contributed by atoms with Crippen molar-refractivity contribution in [2.75, 3.05) is 0 Å². The Morgan fingerprint density at radius 1 is 0.757 bits per heavy atom. The van der Waals surface area contributed by atoms with E-state index in [4.69, 9.17) is 14.4 Å². The van der Waals surface area contributed by atoms with Crippen LogP contribution in [0.25, 0.3) is 44.6 Å². The summed E-state index contributed by atoms with van der Waals surface area (Å²) in [6, 6.07) is 19.5. The van der Waals surface area contributed by atoms with Gasteiger partial charge in [-0.3, -0.25) is 4.98 Å². The molecule has 190 valence electrons. The lowest BCUT2D eigenvalue weighted by Crippen LogP contribution is -2.00. The molecule has 0 bridgehead atoms. The molecule has 0 saturated heterocycles. The van der Waals surface area contributed by atoms with Gasteiger partial charge in [-0.2, -0.15) is 0 Å². The number of nitrogens with zero attached hydrogens (tertiary/aromatic N) is 2. The van der Waals surface area contributed by atoms with Gasteiger partial charge in [-0.15, -0.1) is 0 Å². The number of hydrogen-bond acceptors (Lipinski definition) is 3. The number of hydrogen-bond donors (Lipinski definition) is 0. The molecule has 0 aliphatic rings. The van der Waals surface area contributed by atoms with E-state index >= 15 is 0 Å². The second-order valence-corrected chi connectivity index (χ2v) is 10.9. The van der Waals surface area contributed by atoms with Crippen molar-refractivity contribution < 1.29 is 4.42 Å². The van der Waals surface area contributed by atoms with Crippen molar-refractivity contribution in [3.05, 3.63) is 83.0 Å². The van der Waals surface area contributed by atoms with Crippen LogP contribution in [0.2, 0.25) is 0 Å². The van der Waals surface area contributed by atoms with Gasteiger partial charge < -0.3 is 4.42 Å². The third-order valence-electron chi connectivity index (χ3n) is 7.85. The highest BCUT2D eigenvalue weighted by atomic mass is 16.3. The molecule has 5 rings (SSSR count). The molecule has 0 saturated carbocycles. The predicted molar refractivity (Wildman–Crippen MR) is 156 cm³/mol. The lowest BCUT2D eigenvalue weighted by molar-refractivity contribution is 0.635. The maximum absolute atomic E-state index is 6.51. The molecule has 0 aliphatic heterocycles. The summed E-state index contributed by atoms with van der Waals surface area (Å²) in [5.41, 5.74) is 11.0. The van der Waals surface area contributed by atoms with Gasteiger partial charge >= 0.3 is 0 Å². The Labute approximate surface area is 221 Å². The van der Waals surface area contributed by atoms with Crippen molar-refractivity contribution >= 4 is 22.1 Å².